The van der Waals surface area contributed by atoms with Gasteiger partial charge in [0, 0.05) is 12.4 Å². The van der Waals surface area contributed by atoms with Gasteiger partial charge in [-0.2, -0.15) is 0 Å². The second-order valence-electron chi connectivity index (χ2n) is 2.94. The summed E-state index contributed by atoms with van der Waals surface area (Å²) >= 11 is 3.33. The molecular weight excluding hydrogens is 274 g/mol. The fourth-order valence-corrected chi connectivity index (χ4v) is 1.72. The van der Waals surface area contributed by atoms with E-state index < -0.39 is 0 Å². The lowest BCUT2D eigenvalue weighted by molar-refractivity contribution is 0.318. The van der Waals surface area contributed by atoms with E-state index in [0.717, 1.165) is 4.47 Å². The summed E-state index contributed by atoms with van der Waals surface area (Å²) in [5, 5.41) is 11.6. The highest BCUT2D eigenvalue weighted by atomic mass is 79.9. The first-order valence-corrected chi connectivity index (χ1v) is 5.14. The van der Waals surface area contributed by atoms with Crippen molar-refractivity contribution >= 4 is 21.8 Å². The third kappa shape index (κ3) is 1.76. The first-order valence-electron chi connectivity index (χ1n) is 4.35. The van der Waals surface area contributed by atoms with Gasteiger partial charge in [0.2, 0.25) is 0 Å². The molecule has 0 aromatic carbocycles. The summed E-state index contributed by atoms with van der Waals surface area (Å²) in [4.78, 5) is 7.98. The minimum atomic E-state index is 0.0236. The molecule has 0 saturated heterocycles. The zero-order valence-electron chi connectivity index (χ0n) is 8.08. The van der Waals surface area contributed by atoms with Crippen molar-refractivity contribution in [2.75, 3.05) is 0 Å². The SMILES string of the molecule is N/C(=N/O)c1cccn1-c1ncncc1Br. The summed E-state index contributed by atoms with van der Waals surface area (Å²) in [7, 11) is 0. The van der Waals surface area contributed by atoms with Crippen molar-refractivity contribution in [3.63, 3.8) is 0 Å². The van der Waals surface area contributed by atoms with Gasteiger partial charge in [0.05, 0.1) is 10.2 Å². The number of aromatic nitrogens is 3. The van der Waals surface area contributed by atoms with Gasteiger partial charge >= 0.3 is 0 Å². The summed E-state index contributed by atoms with van der Waals surface area (Å²) in [5.41, 5.74) is 6.10. The van der Waals surface area contributed by atoms with Crippen LogP contribution in [0, 0.1) is 0 Å². The number of oxime groups is 1. The van der Waals surface area contributed by atoms with Crippen molar-refractivity contribution in [3.05, 3.63) is 41.0 Å². The van der Waals surface area contributed by atoms with E-state index in [9.17, 15) is 0 Å². The Morgan fingerprint density at radius 1 is 1.56 bits per heavy atom. The highest BCUT2D eigenvalue weighted by Gasteiger charge is 2.10. The lowest BCUT2D eigenvalue weighted by Crippen LogP contribution is -2.18. The molecule has 7 heteroatoms. The molecule has 0 fully saturated rings. The van der Waals surface area contributed by atoms with E-state index in [-0.39, 0.29) is 5.84 Å². The van der Waals surface area contributed by atoms with Crippen molar-refractivity contribution in [1.82, 2.24) is 14.5 Å². The number of amidine groups is 1. The van der Waals surface area contributed by atoms with Crippen LogP contribution in [0.2, 0.25) is 0 Å². The second-order valence-corrected chi connectivity index (χ2v) is 3.80. The van der Waals surface area contributed by atoms with E-state index in [1.165, 1.54) is 6.33 Å². The molecule has 2 rings (SSSR count). The number of halogens is 1. The monoisotopic (exact) mass is 281 g/mol. The molecule has 0 unspecified atom stereocenters. The molecule has 0 aliphatic rings. The minimum Gasteiger partial charge on any atom is -0.409 e. The minimum absolute atomic E-state index is 0.0236. The van der Waals surface area contributed by atoms with Gasteiger partial charge in [-0.25, -0.2) is 9.97 Å². The van der Waals surface area contributed by atoms with Crippen LogP contribution in [-0.4, -0.2) is 25.6 Å². The average molecular weight is 282 g/mol. The Balaban J connectivity index is 2.58. The summed E-state index contributed by atoms with van der Waals surface area (Å²) in [6, 6.07) is 3.51. The Bertz CT molecular complexity index is 536. The Morgan fingerprint density at radius 2 is 2.38 bits per heavy atom. The predicted octanol–water partition coefficient (Wildman–Crippen LogP) is 1.12. The topological polar surface area (TPSA) is 89.3 Å². The van der Waals surface area contributed by atoms with Gasteiger partial charge in [0.1, 0.15) is 6.33 Å². The van der Waals surface area contributed by atoms with Crippen molar-refractivity contribution in [2.45, 2.75) is 0 Å². The molecular formula is C9H8BrN5O. The van der Waals surface area contributed by atoms with Crippen LogP contribution in [0.1, 0.15) is 5.69 Å². The summed E-state index contributed by atoms with van der Waals surface area (Å²) < 4.78 is 2.42. The fraction of sp³-hybridized carbons (Fsp3) is 0. The first-order chi connectivity index (χ1) is 7.74. The smallest absolute Gasteiger partial charge is 0.187 e. The highest BCUT2D eigenvalue weighted by Crippen LogP contribution is 2.18. The van der Waals surface area contributed by atoms with E-state index in [0.29, 0.717) is 11.5 Å². The number of nitrogens with zero attached hydrogens (tertiary/aromatic N) is 4. The standard InChI is InChI=1S/C9H8BrN5O/c10-6-4-12-5-13-9(6)15-3-1-2-7(15)8(11)14-16/h1-5,16H,(H2,11,14). The van der Waals surface area contributed by atoms with Crippen molar-refractivity contribution in [3.8, 4) is 5.82 Å². The number of hydrogen-bond acceptors (Lipinski definition) is 4. The highest BCUT2D eigenvalue weighted by molar-refractivity contribution is 9.10. The van der Waals surface area contributed by atoms with Crippen LogP contribution in [-0.2, 0) is 0 Å². The Hall–Kier alpha value is -1.89. The van der Waals surface area contributed by atoms with Gasteiger partial charge in [-0.1, -0.05) is 5.16 Å². The number of rotatable bonds is 2. The quantitative estimate of drug-likeness (QED) is 0.374. The van der Waals surface area contributed by atoms with E-state index in [4.69, 9.17) is 10.9 Å². The van der Waals surface area contributed by atoms with Crippen LogP contribution < -0.4 is 5.73 Å². The molecule has 0 bridgehead atoms. The van der Waals surface area contributed by atoms with E-state index >= 15 is 0 Å². The molecule has 0 saturated carbocycles. The number of nitrogens with two attached hydrogens (primary N) is 1. The Labute approximate surface area is 99.6 Å². The summed E-state index contributed by atoms with van der Waals surface area (Å²) in [6.45, 7) is 0. The third-order valence-corrected chi connectivity index (χ3v) is 2.55. The molecule has 0 aliphatic heterocycles. The van der Waals surface area contributed by atoms with Gasteiger partial charge in [0.25, 0.3) is 0 Å². The van der Waals surface area contributed by atoms with Crippen molar-refractivity contribution in [1.29, 1.82) is 0 Å². The Kier molecular flexibility index (Phi) is 2.86. The fourth-order valence-electron chi connectivity index (χ4n) is 1.31. The van der Waals surface area contributed by atoms with E-state index in [1.807, 2.05) is 0 Å². The Morgan fingerprint density at radius 3 is 3.06 bits per heavy atom. The zero-order valence-corrected chi connectivity index (χ0v) is 9.66. The maximum atomic E-state index is 8.65. The van der Waals surface area contributed by atoms with Gasteiger partial charge in [-0.15, -0.1) is 0 Å². The van der Waals surface area contributed by atoms with E-state index in [1.54, 1.807) is 29.1 Å². The van der Waals surface area contributed by atoms with Crippen LogP contribution in [0.5, 0.6) is 0 Å². The molecule has 2 aromatic rings. The maximum absolute atomic E-state index is 8.65. The normalized spacial score (nSPS) is 11.7. The molecule has 0 amide bonds. The van der Waals surface area contributed by atoms with Crippen LogP contribution in [0.4, 0.5) is 0 Å². The van der Waals surface area contributed by atoms with Gasteiger partial charge in [-0.3, -0.25) is 4.57 Å². The van der Waals surface area contributed by atoms with Gasteiger partial charge < -0.3 is 10.9 Å². The summed E-state index contributed by atoms with van der Waals surface area (Å²) in [6.07, 6.45) is 4.81. The van der Waals surface area contributed by atoms with Gasteiger partial charge in [-0.05, 0) is 28.1 Å². The third-order valence-electron chi connectivity index (χ3n) is 2.00. The average Bonchev–Trinajstić information content (AvgIpc) is 2.77. The largest absolute Gasteiger partial charge is 0.409 e. The zero-order chi connectivity index (χ0) is 11.5. The molecule has 6 nitrogen and oxygen atoms in total. The van der Waals surface area contributed by atoms with Crippen LogP contribution in [0.25, 0.3) is 5.82 Å². The first kappa shape index (κ1) is 10.6. The lowest BCUT2D eigenvalue weighted by atomic mass is 10.4. The van der Waals surface area contributed by atoms with Crippen LogP contribution in [0.15, 0.2) is 40.5 Å². The molecule has 0 spiro atoms. The van der Waals surface area contributed by atoms with Crippen LogP contribution in [0.3, 0.4) is 0 Å². The molecule has 2 heterocycles. The lowest BCUT2D eigenvalue weighted by Gasteiger charge is -2.07. The molecule has 2 aromatic heterocycles. The van der Waals surface area contributed by atoms with Crippen molar-refractivity contribution < 1.29 is 5.21 Å². The molecule has 3 N–H and O–H groups in total. The van der Waals surface area contributed by atoms with Crippen molar-refractivity contribution in [2.24, 2.45) is 10.9 Å². The predicted molar refractivity (Wildman–Crippen MR) is 61.6 cm³/mol. The second kappa shape index (κ2) is 4.31. The molecule has 0 atom stereocenters. The molecule has 16 heavy (non-hydrogen) atoms. The van der Waals surface area contributed by atoms with E-state index in [2.05, 4.69) is 31.1 Å². The van der Waals surface area contributed by atoms with Gasteiger partial charge in [0.15, 0.2) is 11.7 Å². The van der Waals surface area contributed by atoms with Crippen LogP contribution >= 0.6 is 15.9 Å². The number of hydrogen-bond donors (Lipinski definition) is 2. The molecule has 0 radical (unpaired) electrons. The summed E-state index contributed by atoms with van der Waals surface area (Å²) in [5.74, 6) is 0.650. The molecule has 82 valence electrons. The molecule has 0 aliphatic carbocycles. The maximum Gasteiger partial charge on any atom is 0.187 e.